The SMILES string of the molecule is COc1cc(-c2ccc3c(c2Nc2nnc(S(=O)(=O)N4CCC5(CCCN5C)CC4)[nH]2)CCC3)ccn1. The molecule has 0 amide bonds. The monoisotopic (exact) mass is 523 g/mol. The second-order valence-electron chi connectivity index (χ2n) is 10.3. The summed E-state index contributed by atoms with van der Waals surface area (Å²) in [5, 5.41) is 11.5. The van der Waals surface area contributed by atoms with E-state index >= 15 is 0 Å². The van der Waals surface area contributed by atoms with Gasteiger partial charge in [0.15, 0.2) is 0 Å². The number of rotatable bonds is 6. The Kier molecular flexibility index (Phi) is 6.16. The first kappa shape index (κ1) is 24.3. The van der Waals surface area contributed by atoms with Gasteiger partial charge in [-0.2, -0.15) is 4.31 Å². The highest BCUT2D eigenvalue weighted by atomic mass is 32.2. The summed E-state index contributed by atoms with van der Waals surface area (Å²) < 4.78 is 33.7. The summed E-state index contributed by atoms with van der Waals surface area (Å²) in [4.78, 5) is 9.58. The van der Waals surface area contributed by atoms with E-state index in [2.05, 4.69) is 49.6 Å². The van der Waals surface area contributed by atoms with Gasteiger partial charge in [-0.15, -0.1) is 10.2 Å². The van der Waals surface area contributed by atoms with Crippen molar-refractivity contribution in [3.8, 4) is 17.0 Å². The number of likely N-dealkylation sites (tertiary alicyclic amines) is 1. The smallest absolute Gasteiger partial charge is 0.278 e. The Morgan fingerprint density at radius 2 is 1.89 bits per heavy atom. The van der Waals surface area contributed by atoms with Crippen molar-refractivity contribution in [1.82, 2.24) is 29.4 Å². The molecular formula is C26H33N7O3S. The number of H-pyrrole nitrogens is 1. The largest absolute Gasteiger partial charge is 0.481 e. The summed E-state index contributed by atoms with van der Waals surface area (Å²) in [6.07, 6.45) is 8.76. The van der Waals surface area contributed by atoms with Crippen LogP contribution in [0.2, 0.25) is 0 Å². The zero-order valence-corrected chi connectivity index (χ0v) is 22.1. The number of hydrogen-bond donors (Lipinski definition) is 2. The van der Waals surface area contributed by atoms with Gasteiger partial charge in [0.2, 0.25) is 11.8 Å². The Balaban J connectivity index is 1.26. The average Bonchev–Trinajstić information content (AvgIpc) is 3.66. The van der Waals surface area contributed by atoms with E-state index in [1.54, 1.807) is 17.6 Å². The fourth-order valence-electron chi connectivity index (χ4n) is 6.25. The minimum Gasteiger partial charge on any atom is -0.481 e. The molecule has 10 nitrogen and oxygen atoms in total. The van der Waals surface area contributed by atoms with E-state index in [9.17, 15) is 8.42 Å². The number of pyridine rings is 1. The van der Waals surface area contributed by atoms with Crippen molar-refractivity contribution in [2.75, 3.05) is 39.1 Å². The van der Waals surface area contributed by atoms with Gasteiger partial charge in [-0.25, -0.2) is 13.4 Å². The Hall–Kier alpha value is -3.02. The Morgan fingerprint density at radius 3 is 2.65 bits per heavy atom. The molecule has 37 heavy (non-hydrogen) atoms. The van der Waals surface area contributed by atoms with Gasteiger partial charge in [-0.1, -0.05) is 12.1 Å². The molecule has 0 bridgehead atoms. The lowest BCUT2D eigenvalue weighted by molar-refractivity contribution is 0.101. The van der Waals surface area contributed by atoms with Gasteiger partial charge in [-0.3, -0.25) is 4.98 Å². The lowest BCUT2D eigenvalue weighted by Gasteiger charge is -2.42. The maximum atomic E-state index is 13.4. The lowest BCUT2D eigenvalue weighted by Crippen LogP contribution is -2.52. The summed E-state index contributed by atoms with van der Waals surface area (Å²) >= 11 is 0. The van der Waals surface area contributed by atoms with Crippen LogP contribution in [0.5, 0.6) is 5.88 Å². The van der Waals surface area contributed by atoms with Crippen molar-refractivity contribution in [2.45, 2.75) is 55.6 Å². The maximum absolute atomic E-state index is 13.4. The second-order valence-corrected chi connectivity index (χ2v) is 12.2. The molecule has 0 unspecified atom stereocenters. The van der Waals surface area contributed by atoms with E-state index in [0.29, 0.717) is 24.9 Å². The molecular weight excluding hydrogens is 490 g/mol. The van der Waals surface area contributed by atoms with E-state index in [-0.39, 0.29) is 10.7 Å². The van der Waals surface area contributed by atoms with Gasteiger partial charge in [-0.05, 0) is 81.3 Å². The first-order chi connectivity index (χ1) is 17.9. The predicted molar refractivity (Wildman–Crippen MR) is 141 cm³/mol. The maximum Gasteiger partial charge on any atom is 0.278 e. The number of benzene rings is 1. The molecule has 0 saturated carbocycles. The number of methoxy groups -OCH3 is 1. The van der Waals surface area contributed by atoms with Crippen LogP contribution in [-0.4, -0.2) is 77.1 Å². The molecule has 196 valence electrons. The van der Waals surface area contributed by atoms with Gasteiger partial charge >= 0.3 is 0 Å². The lowest BCUT2D eigenvalue weighted by atomic mass is 9.86. The van der Waals surface area contributed by atoms with Gasteiger partial charge in [0.25, 0.3) is 15.2 Å². The van der Waals surface area contributed by atoms with Crippen LogP contribution in [0.4, 0.5) is 11.6 Å². The number of nitrogens with zero attached hydrogens (tertiary/aromatic N) is 5. The highest BCUT2D eigenvalue weighted by Crippen LogP contribution is 2.40. The highest BCUT2D eigenvalue weighted by molar-refractivity contribution is 7.88. The number of nitrogens with one attached hydrogen (secondary N) is 2. The fraction of sp³-hybridized carbons (Fsp3) is 0.500. The number of aryl methyl sites for hydroxylation is 1. The molecule has 11 heteroatoms. The normalized spacial score (nSPS) is 19.8. The zero-order chi connectivity index (χ0) is 25.6. The summed E-state index contributed by atoms with van der Waals surface area (Å²) in [6, 6.07) is 8.07. The van der Waals surface area contributed by atoms with Crippen molar-refractivity contribution in [3.63, 3.8) is 0 Å². The van der Waals surface area contributed by atoms with Crippen LogP contribution in [0.3, 0.4) is 0 Å². The molecule has 3 aliphatic rings. The minimum atomic E-state index is -3.76. The summed E-state index contributed by atoms with van der Waals surface area (Å²) in [7, 11) is -0.00831. The molecule has 3 aromatic rings. The number of ether oxygens (including phenoxy) is 1. The predicted octanol–water partition coefficient (Wildman–Crippen LogP) is 3.36. The quantitative estimate of drug-likeness (QED) is 0.505. The molecule has 2 N–H and O–H groups in total. The first-order valence-corrected chi connectivity index (χ1v) is 14.4. The summed E-state index contributed by atoms with van der Waals surface area (Å²) in [5.74, 6) is 0.842. The number of sulfonamides is 1. The van der Waals surface area contributed by atoms with Crippen molar-refractivity contribution in [1.29, 1.82) is 0 Å². The van der Waals surface area contributed by atoms with E-state index in [1.807, 2.05) is 12.1 Å². The van der Waals surface area contributed by atoms with Crippen LogP contribution in [0.15, 0.2) is 35.6 Å². The van der Waals surface area contributed by atoms with E-state index in [1.165, 1.54) is 17.5 Å². The van der Waals surface area contributed by atoms with E-state index in [4.69, 9.17) is 4.74 Å². The second kappa shape index (κ2) is 9.38. The molecule has 0 atom stereocenters. The van der Waals surface area contributed by atoms with Crippen molar-refractivity contribution < 1.29 is 13.2 Å². The van der Waals surface area contributed by atoms with E-state index < -0.39 is 10.0 Å². The van der Waals surface area contributed by atoms with Crippen LogP contribution >= 0.6 is 0 Å². The van der Waals surface area contributed by atoms with Crippen LogP contribution in [0.1, 0.15) is 43.2 Å². The number of hydrogen-bond acceptors (Lipinski definition) is 8. The third kappa shape index (κ3) is 4.28. The molecule has 2 aliphatic heterocycles. The third-order valence-electron chi connectivity index (χ3n) is 8.43. The number of piperidine rings is 1. The average molecular weight is 524 g/mol. The molecule has 0 radical (unpaired) electrons. The van der Waals surface area contributed by atoms with Crippen molar-refractivity contribution in [2.24, 2.45) is 0 Å². The fourth-order valence-corrected chi connectivity index (χ4v) is 7.52. The third-order valence-corrected chi connectivity index (χ3v) is 10.1. The standard InChI is InChI=1S/C26H33N7O3S/c1-32-14-4-10-26(32)11-15-33(16-12-26)37(34,35)25-29-24(30-31-25)28-23-20-6-3-5-18(20)7-8-21(23)19-9-13-27-22(17-19)36-2/h7-9,13,17H,3-6,10-12,14-16H2,1-2H3,(H2,28,29,30,31). The van der Waals surface area contributed by atoms with Crippen LogP contribution in [0, 0.1) is 0 Å². The molecule has 1 spiro atoms. The zero-order valence-electron chi connectivity index (χ0n) is 21.3. The van der Waals surface area contributed by atoms with Crippen LogP contribution in [-0.2, 0) is 22.9 Å². The number of fused-ring (bicyclic) bond motifs is 1. The highest BCUT2D eigenvalue weighted by Gasteiger charge is 2.44. The molecule has 1 aliphatic carbocycles. The number of anilines is 2. The van der Waals surface area contributed by atoms with Gasteiger partial charge < -0.3 is 15.0 Å². The van der Waals surface area contributed by atoms with Gasteiger partial charge in [0, 0.05) is 36.5 Å². The molecule has 4 heterocycles. The number of aromatic amines is 1. The van der Waals surface area contributed by atoms with Gasteiger partial charge in [0.1, 0.15) is 0 Å². The van der Waals surface area contributed by atoms with E-state index in [0.717, 1.165) is 61.9 Å². The first-order valence-electron chi connectivity index (χ1n) is 13.0. The summed E-state index contributed by atoms with van der Waals surface area (Å²) in [5.41, 5.74) is 5.49. The van der Waals surface area contributed by atoms with Crippen molar-refractivity contribution in [3.05, 3.63) is 41.6 Å². The van der Waals surface area contributed by atoms with Gasteiger partial charge in [0.05, 0.1) is 12.8 Å². The minimum absolute atomic E-state index is 0.120. The van der Waals surface area contributed by atoms with Crippen LogP contribution in [0.25, 0.3) is 11.1 Å². The molecule has 2 aromatic heterocycles. The van der Waals surface area contributed by atoms with Crippen LogP contribution < -0.4 is 10.1 Å². The Labute approximate surface area is 217 Å². The van der Waals surface area contributed by atoms with Crippen molar-refractivity contribution >= 4 is 21.7 Å². The Bertz CT molecular complexity index is 1410. The molecule has 6 rings (SSSR count). The molecule has 2 saturated heterocycles. The topological polar surface area (TPSA) is 116 Å². The summed E-state index contributed by atoms with van der Waals surface area (Å²) in [6.45, 7) is 2.08. The number of aromatic nitrogens is 4. The molecule has 1 aromatic carbocycles. The molecule has 2 fully saturated rings. The Morgan fingerprint density at radius 1 is 1.05 bits per heavy atom.